The molecule has 2 N–H and O–H groups in total. The molecule has 2 aromatic rings. The summed E-state index contributed by atoms with van der Waals surface area (Å²) in [5.41, 5.74) is 1.66. The SMILES string of the molecule is Cc1nc(NC(=O)CN2C(=O)[C@@H](C)NC(=O)c3ccccc32)sc1C. The van der Waals surface area contributed by atoms with E-state index in [0.29, 0.717) is 16.4 Å². The Bertz CT molecular complexity index is 842. The summed E-state index contributed by atoms with van der Waals surface area (Å²) < 4.78 is 0. The molecule has 0 radical (unpaired) electrons. The van der Waals surface area contributed by atoms with Gasteiger partial charge in [-0.05, 0) is 32.9 Å². The number of para-hydroxylation sites is 1. The van der Waals surface area contributed by atoms with Gasteiger partial charge in [0.25, 0.3) is 5.91 Å². The smallest absolute Gasteiger partial charge is 0.254 e. The zero-order chi connectivity index (χ0) is 18.1. The summed E-state index contributed by atoms with van der Waals surface area (Å²) in [7, 11) is 0. The van der Waals surface area contributed by atoms with Crippen LogP contribution in [0.3, 0.4) is 0 Å². The summed E-state index contributed by atoms with van der Waals surface area (Å²) in [6.07, 6.45) is 0. The highest BCUT2D eigenvalue weighted by molar-refractivity contribution is 7.15. The second-order valence-corrected chi connectivity index (χ2v) is 7.05. The van der Waals surface area contributed by atoms with E-state index in [1.165, 1.54) is 16.2 Å². The molecule has 1 aliphatic heterocycles. The van der Waals surface area contributed by atoms with Crippen LogP contribution < -0.4 is 15.5 Å². The molecule has 1 atom stereocenters. The van der Waals surface area contributed by atoms with E-state index in [9.17, 15) is 14.4 Å². The number of nitrogens with one attached hydrogen (secondary N) is 2. The zero-order valence-electron chi connectivity index (χ0n) is 14.1. The summed E-state index contributed by atoms with van der Waals surface area (Å²) in [6, 6.07) is 6.04. The fourth-order valence-electron chi connectivity index (χ4n) is 2.58. The summed E-state index contributed by atoms with van der Waals surface area (Å²) in [5, 5.41) is 5.86. The molecule has 0 saturated heterocycles. The van der Waals surface area contributed by atoms with Gasteiger partial charge in [0.1, 0.15) is 12.6 Å². The molecule has 0 unspecified atom stereocenters. The van der Waals surface area contributed by atoms with E-state index in [0.717, 1.165) is 10.6 Å². The maximum absolute atomic E-state index is 12.6. The number of thiazole rings is 1. The van der Waals surface area contributed by atoms with Crippen molar-refractivity contribution in [2.24, 2.45) is 0 Å². The second-order valence-electron chi connectivity index (χ2n) is 5.85. The van der Waals surface area contributed by atoms with Gasteiger partial charge < -0.3 is 15.5 Å². The van der Waals surface area contributed by atoms with Crippen molar-refractivity contribution < 1.29 is 14.4 Å². The van der Waals surface area contributed by atoms with Gasteiger partial charge in [0.05, 0.1) is 16.9 Å². The highest BCUT2D eigenvalue weighted by Crippen LogP contribution is 2.25. The normalized spacial score (nSPS) is 16.9. The molecular formula is C17H18N4O3S. The van der Waals surface area contributed by atoms with Gasteiger partial charge in [-0.15, -0.1) is 11.3 Å². The van der Waals surface area contributed by atoms with Crippen molar-refractivity contribution in [2.45, 2.75) is 26.8 Å². The molecule has 0 fully saturated rings. The van der Waals surface area contributed by atoms with E-state index in [1.54, 1.807) is 31.2 Å². The second kappa shape index (κ2) is 6.64. The number of fused-ring (bicyclic) bond motifs is 1. The van der Waals surface area contributed by atoms with Crippen LogP contribution in [0.5, 0.6) is 0 Å². The number of rotatable bonds is 3. The molecule has 0 spiro atoms. The number of hydrogen-bond donors (Lipinski definition) is 2. The Morgan fingerprint density at radius 3 is 2.72 bits per heavy atom. The van der Waals surface area contributed by atoms with Gasteiger partial charge in [0.15, 0.2) is 5.13 Å². The van der Waals surface area contributed by atoms with Crippen LogP contribution >= 0.6 is 11.3 Å². The molecule has 3 rings (SSSR count). The van der Waals surface area contributed by atoms with Crippen LogP contribution in [0.15, 0.2) is 24.3 Å². The van der Waals surface area contributed by atoms with Gasteiger partial charge >= 0.3 is 0 Å². The summed E-state index contributed by atoms with van der Waals surface area (Å²) >= 11 is 1.38. The van der Waals surface area contributed by atoms with Crippen LogP contribution in [0.4, 0.5) is 10.8 Å². The maximum Gasteiger partial charge on any atom is 0.254 e. The third-order valence-electron chi connectivity index (χ3n) is 4.00. The van der Waals surface area contributed by atoms with Crippen molar-refractivity contribution in [1.82, 2.24) is 10.3 Å². The molecule has 1 aliphatic rings. The lowest BCUT2D eigenvalue weighted by Crippen LogP contribution is -2.46. The van der Waals surface area contributed by atoms with Gasteiger partial charge in [0.2, 0.25) is 11.8 Å². The highest BCUT2D eigenvalue weighted by atomic mass is 32.1. The van der Waals surface area contributed by atoms with E-state index in [1.807, 2.05) is 13.8 Å². The highest BCUT2D eigenvalue weighted by Gasteiger charge is 2.32. The van der Waals surface area contributed by atoms with Gasteiger partial charge in [-0.25, -0.2) is 4.98 Å². The number of aromatic nitrogens is 1. The first-order chi connectivity index (χ1) is 11.9. The molecule has 3 amide bonds. The molecule has 0 bridgehead atoms. The first-order valence-electron chi connectivity index (χ1n) is 7.82. The lowest BCUT2D eigenvalue weighted by molar-refractivity contribution is -0.122. The number of carbonyl (C=O) groups is 3. The Hall–Kier alpha value is -2.74. The predicted octanol–water partition coefficient (Wildman–Crippen LogP) is 1.86. The topological polar surface area (TPSA) is 91.4 Å². The molecule has 1 aromatic heterocycles. The molecule has 0 saturated carbocycles. The Morgan fingerprint density at radius 2 is 2.04 bits per heavy atom. The average molecular weight is 358 g/mol. The van der Waals surface area contributed by atoms with Crippen LogP contribution in [-0.4, -0.2) is 35.3 Å². The van der Waals surface area contributed by atoms with Crippen LogP contribution in [0.25, 0.3) is 0 Å². The molecule has 8 heteroatoms. The minimum Gasteiger partial charge on any atom is -0.340 e. The van der Waals surface area contributed by atoms with Gasteiger partial charge in [-0.3, -0.25) is 14.4 Å². The standard InChI is InChI=1S/C17H18N4O3S/c1-9-11(3)25-17(19-9)20-14(22)8-21-13-7-5-4-6-12(13)15(23)18-10(2)16(21)24/h4-7,10H,8H2,1-3H3,(H,18,23)(H,19,20,22)/t10-/m1/s1. The van der Waals surface area contributed by atoms with Crippen molar-refractivity contribution in [3.05, 3.63) is 40.4 Å². The fourth-order valence-corrected chi connectivity index (χ4v) is 3.41. The maximum atomic E-state index is 12.6. The zero-order valence-corrected chi connectivity index (χ0v) is 14.9. The quantitative estimate of drug-likeness (QED) is 0.876. The summed E-state index contributed by atoms with van der Waals surface area (Å²) in [6.45, 7) is 5.21. The van der Waals surface area contributed by atoms with E-state index in [-0.39, 0.29) is 24.3 Å². The number of benzene rings is 1. The number of amides is 3. The molecule has 25 heavy (non-hydrogen) atoms. The van der Waals surface area contributed by atoms with Gasteiger partial charge in [0, 0.05) is 4.88 Å². The van der Waals surface area contributed by atoms with Gasteiger partial charge in [-0.1, -0.05) is 12.1 Å². The number of carbonyl (C=O) groups excluding carboxylic acids is 3. The summed E-state index contributed by atoms with van der Waals surface area (Å²) in [5.74, 6) is -1.02. The fraction of sp³-hybridized carbons (Fsp3) is 0.294. The summed E-state index contributed by atoms with van der Waals surface area (Å²) in [4.78, 5) is 43.9. The van der Waals surface area contributed by atoms with Crippen molar-refractivity contribution in [1.29, 1.82) is 0 Å². The van der Waals surface area contributed by atoms with E-state index in [4.69, 9.17) is 0 Å². The third kappa shape index (κ3) is 3.39. The third-order valence-corrected chi connectivity index (χ3v) is 4.99. The van der Waals surface area contributed by atoms with E-state index < -0.39 is 6.04 Å². The molecule has 2 heterocycles. The lowest BCUT2D eigenvalue weighted by atomic mass is 10.1. The monoisotopic (exact) mass is 358 g/mol. The van der Waals surface area contributed by atoms with Crippen molar-refractivity contribution >= 4 is 39.9 Å². The number of nitrogens with zero attached hydrogens (tertiary/aromatic N) is 2. The Kier molecular flexibility index (Phi) is 4.54. The molecule has 130 valence electrons. The Balaban J connectivity index is 1.86. The van der Waals surface area contributed by atoms with Crippen LogP contribution in [-0.2, 0) is 9.59 Å². The van der Waals surface area contributed by atoms with Crippen LogP contribution in [0.1, 0.15) is 27.9 Å². The average Bonchev–Trinajstić information content (AvgIpc) is 2.85. The number of aryl methyl sites for hydroxylation is 2. The lowest BCUT2D eigenvalue weighted by Gasteiger charge is -2.23. The Morgan fingerprint density at radius 1 is 1.32 bits per heavy atom. The molecule has 7 nitrogen and oxygen atoms in total. The van der Waals surface area contributed by atoms with Crippen molar-refractivity contribution in [3.63, 3.8) is 0 Å². The Labute approximate surface area is 149 Å². The minimum atomic E-state index is -0.711. The predicted molar refractivity (Wildman–Crippen MR) is 95.9 cm³/mol. The number of anilines is 2. The first kappa shape index (κ1) is 17.1. The molecule has 0 aliphatic carbocycles. The first-order valence-corrected chi connectivity index (χ1v) is 8.63. The number of hydrogen-bond acceptors (Lipinski definition) is 5. The van der Waals surface area contributed by atoms with Crippen LogP contribution in [0.2, 0.25) is 0 Å². The van der Waals surface area contributed by atoms with Crippen molar-refractivity contribution in [3.8, 4) is 0 Å². The van der Waals surface area contributed by atoms with Gasteiger partial charge in [-0.2, -0.15) is 0 Å². The van der Waals surface area contributed by atoms with Crippen LogP contribution in [0, 0.1) is 13.8 Å². The van der Waals surface area contributed by atoms with E-state index in [2.05, 4.69) is 15.6 Å². The molecule has 1 aromatic carbocycles. The van der Waals surface area contributed by atoms with E-state index >= 15 is 0 Å². The largest absolute Gasteiger partial charge is 0.340 e. The molecular weight excluding hydrogens is 340 g/mol. The minimum absolute atomic E-state index is 0.188. The van der Waals surface area contributed by atoms with Crippen molar-refractivity contribution in [2.75, 3.05) is 16.8 Å².